The summed E-state index contributed by atoms with van der Waals surface area (Å²) in [5.74, 6) is 3.18. The molecule has 6 heteroatoms. The summed E-state index contributed by atoms with van der Waals surface area (Å²) in [7, 11) is 0. The van der Waals surface area contributed by atoms with E-state index in [0.29, 0.717) is 12.0 Å². The first kappa shape index (κ1) is 25.2. The fourth-order valence-electron chi connectivity index (χ4n) is 9.14. The van der Waals surface area contributed by atoms with Crippen LogP contribution in [0.4, 0.5) is 0 Å². The predicted octanol–water partition coefficient (Wildman–Crippen LogP) is 6.13. The lowest BCUT2D eigenvalue weighted by Gasteiger charge is -2.58. The SMILES string of the molecule is O=C(Cn1cc(-c2ccc(-c3cncc4ccccc34)cc2)cn1)N1CCN(CC23CC4CC(CC(C4)C2)C3)CC1. The molecule has 1 saturated heterocycles. The van der Waals surface area contributed by atoms with Gasteiger partial charge in [0.15, 0.2) is 0 Å². The van der Waals surface area contributed by atoms with Crippen LogP contribution in [0.1, 0.15) is 38.5 Å². The standard InChI is InChI=1S/C35H39N5O/c41-34(39-11-9-38(10-12-39)24-35-16-25-13-26(17-35)15-27(14-25)18-35)23-40-22-31(20-37-40)28-5-7-29(8-6-28)33-21-36-19-30-3-1-2-4-32(30)33/h1-8,19-22,25-27H,9-18,23-24H2. The zero-order valence-electron chi connectivity index (χ0n) is 23.8. The lowest BCUT2D eigenvalue weighted by Crippen LogP contribution is -2.55. The molecule has 2 aromatic heterocycles. The van der Waals surface area contributed by atoms with E-state index in [1.165, 1.54) is 50.5 Å². The normalized spacial score (nSPS) is 27.5. The van der Waals surface area contributed by atoms with E-state index in [4.69, 9.17) is 0 Å². The first-order valence-electron chi connectivity index (χ1n) is 15.6. The van der Waals surface area contributed by atoms with Crippen molar-refractivity contribution < 1.29 is 4.79 Å². The Morgan fingerprint density at radius 1 is 0.780 bits per heavy atom. The first-order chi connectivity index (χ1) is 20.1. The number of pyridine rings is 1. The Bertz CT molecular complexity index is 1520. The number of piperazine rings is 1. The van der Waals surface area contributed by atoms with E-state index < -0.39 is 0 Å². The number of aromatic nitrogens is 3. The number of rotatable bonds is 6. The van der Waals surface area contributed by atoms with E-state index in [1.807, 2.05) is 35.8 Å². The zero-order valence-corrected chi connectivity index (χ0v) is 23.8. The third-order valence-corrected chi connectivity index (χ3v) is 10.6. The number of hydrogen-bond donors (Lipinski definition) is 0. The van der Waals surface area contributed by atoms with Gasteiger partial charge in [-0.3, -0.25) is 19.4 Å². The Hall–Kier alpha value is -3.51. The minimum atomic E-state index is 0.174. The fourth-order valence-corrected chi connectivity index (χ4v) is 9.14. The van der Waals surface area contributed by atoms with Gasteiger partial charge in [-0.15, -0.1) is 0 Å². The highest BCUT2D eigenvalue weighted by atomic mass is 16.2. The highest BCUT2D eigenvalue weighted by Crippen LogP contribution is 2.60. The van der Waals surface area contributed by atoms with Gasteiger partial charge < -0.3 is 4.90 Å². The molecule has 3 heterocycles. The monoisotopic (exact) mass is 545 g/mol. The van der Waals surface area contributed by atoms with Crippen molar-refractivity contribution in [2.45, 2.75) is 45.1 Å². The fraction of sp³-hybridized carbons (Fsp3) is 0.457. The maximum atomic E-state index is 13.2. The van der Waals surface area contributed by atoms with E-state index in [2.05, 4.69) is 57.4 Å². The predicted molar refractivity (Wildman–Crippen MR) is 162 cm³/mol. The Morgan fingerprint density at radius 2 is 1.46 bits per heavy atom. The lowest BCUT2D eigenvalue weighted by atomic mass is 9.49. The summed E-state index contributed by atoms with van der Waals surface area (Å²) in [5.41, 5.74) is 4.98. The second kappa shape index (κ2) is 10.1. The largest absolute Gasteiger partial charge is 0.339 e. The topological polar surface area (TPSA) is 54.3 Å². The molecular formula is C35H39N5O. The third-order valence-electron chi connectivity index (χ3n) is 10.6. The van der Waals surface area contributed by atoms with E-state index >= 15 is 0 Å². The average molecular weight is 546 g/mol. The lowest BCUT2D eigenvalue weighted by molar-refractivity contribution is -0.134. The van der Waals surface area contributed by atoms with Crippen LogP contribution in [-0.2, 0) is 11.3 Å². The van der Waals surface area contributed by atoms with E-state index in [0.717, 1.165) is 71.6 Å². The van der Waals surface area contributed by atoms with Gasteiger partial charge in [0.05, 0.1) is 6.20 Å². The van der Waals surface area contributed by atoms with Crippen molar-refractivity contribution in [3.05, 3.63) is 73.3 Å². The molecule has 0 radical (unpaired) electrons. The molecule has 210 valence electrons. The maximum absolute atomic E-state index is 13.2. The van der Waals surface area contributed by atoms with Gasteiger partial charge in [-0.25, -0.2) is 0 Å². The molecule has 0 unspecified atom stereocenters. The van der Waals surface area contributed by atoms with E-state index in [1.54, 1.807) is 4.68 Å². The summed E-state index contributed by atoms with van der Waals surface area (Å²) in [6, 6.07) is 16.9. The van der Waals surface area contributed by atoms with Crippen LogP contribution >= 0.6 is 0 Å². The number of benzene rings is 2. The number of carbonyl (C=O) groups is 1. The van der Waals surface area contributed by atoms with Crippen molar-refractivity contribution in [1.82, 2.24) is 24.6 Å². The Morgan fingerprint density at radius 3 is 2.20 bits per heavy atom. The summed E-state index contributed by atoms with van der Waals surface area (Å²) in [5, 5.41) is 6.88. The van der Waals surface area contributed by atoms with Gasteiger partial charge in [0.1, 0.15) is 6.54 Å². The number of carbonyl (C=O) groups excluding carboxylic acids is 1. The van der Waals surface area contributed by atoms with Crippen molar-refractivity contribution >= 4 is 16.7 Å². The zero-order chi connectivity index (χ0) is 27.4. The summed E-state index contributed by atoms with van der Waals surface area (Å²) in [4.78, 5) is 22.3. The average Bonchev–Trinajstić information content (AvgIpc) is 3.45. The number of amides is 1. The summed E-state index contributed by atoms with van der Waals surface area (Å²) in [6.07, 6.45) is 16.6. The third kappa shape index (κ3) is 4.86. The van der Waals surface area contributed by atoms with Crippen molar-refractivity contribution in [2.24, 2.45) is 23.2 Å². The number of fused-ring (bicyclic) bond motifs is 1. The Kier molecular flexibility index (Phi) is 6.21. The van der Waals surface area contributed by atoms with E-state index in [-0.39, 0.29) is 5.91 Å². The quantitative estimate of drug-likeness (QED) is 0.293. The molecule has 4 saturated carbocycles. The van der Waals surface area contributed by atoms with Crippen LogP contribution in [-0.4, -0.2) is 63.2 Å². The van der Waals surface area contributed by atoms with Crippen LogP contribution in [0.2, 0.25) is 0 Å². The molecule has 0 N–H and O–H groups in total. The second-order valence-corrected chi connectivity index (χ2v) is 13.5. The van der Waals surface area contributed by atoms with Gasteiger partial charge in [0, 0.05) is 67.8 Å². The molecule has 41 heavy (non-hydrogen) atoms. The molecule has 9 rings (SSSR count). The van der Waals surface area contributed by atoms with Crippen LogP contribution < -0.4 is 0 Å². The molecule has 5 aliphatic rings. The van der Waals surface area contributed by atoms with Crippen molar-refractivity contribution in [3.8, 4) is 22.3 Å². The van der Waals surface area contributed by atoms with Crippen molar-refractivity contribution in [1.29, 1.82) is 0 Å². The minimum Gasteiger partial charge on any atom is -0.339 e. The number of nitrogens with zero attached hydrogens (tertiary/aromatic N) is 5. The molecule has 1 amide bonds. The van der Waals surface area contributed by atoms with Crippen molar-refractivity contribution in [3.63, 3.8) is 0 Å². The molecular weight excluding hydrogens is 506 g/mol. The van der Waals surface area contributed by atoms with Crippen LogP contribution in [0.5, 0.6) is 0 Å². The van der Waals surface area contributed by atoms with Crippen LogP contribution in [0, 0.1) is 23.2 Å². The molecule has 6 nitrogen and oxygen atoms in total. The molecule has 0 spiro atoms. The minimum absolute atomic E-state index is 0.174. The molecule has 1 aliphatic heterocycles. The van der Waals surface area contributed by atoms with Crippen LogP contribution in [0.25, 0.3) is 33.0 Å². The molecule has 5 fully saturated rings. The molecule has 4 bridgehead atoms. The van der Waals surface area contributed by atoms with Gasteiger partial charge >= 0.3 is 0 Å². The Labute approximate surface area is 242 Å². The van der Waals surface area contributed by atoms with Gasteiger partial charge in [0.2, 0.25) is 5.91 Å². The summed E-state index contributed by atoms with van der Waals surface area (Å²) >= 11 is 0. The van der Waals surface area contributed by atoms with E-state index in [9.17, 15) is 4.79 Å². The molecule has 0 atom stereocenters. The molecule has 2 aromatic carbocycles. The highest BCUT2D eigenvalue weighted by Gasteiger charge is 2.51. The number of hydrogen-bond acceptors (Lipinski definition) is 4. The second-order valence-electron chi connectivity index (χ2n) is 13.5. The Balaban J connectivity index is 0.876. The van der Waals surface area contributed by atoms with Gasteiger partial charge in [-0.05, 0) is 78.2 Å². The highest BCUT2D eigenvalue weighted by molar-refractivity contribution is 5.95. The summed E-state index contributed by atoms with van der Waals surface area (Å²) < 4.78 is 1.79. The van der Waals surface area contributed by atoms with Crippen LogP contribution in [0.3, 0.4) is 0 Å². The van der Waals surface area contributed by atoms with Crippen LogP contribution in [0.15, 0.2) is 73.3 Å². The van der Waals surface area contributed by atoms with Gasteiger partial charge in [-0.1, -0.05) is 48.5 Å². The molecule has 4 aromatic rings. The van der Waals surface area contributed by atoms with Gasteiger partial charge in [0.25, 0.3) is 0 Å². The van der Waals surface area contributed by atoms with Crippen molar-refractivity contribution in [2.75, 3.05) is 32.7 Å². The first-order valence-corrected chi connectivity index (χ1v) is 15.6. The summed E-state index contributed by atoms with van der Waals surface area (Å²) in [6.45, 7) is 5.26. The maximum Gasteiger partial charge on any atom is 0.244 e. The smallest absolute Gasteiger partial charge is 0.244 e. The van der Waals surface area contributed by atoms with Gasteiger partial charge in [-0.2, -0.15) is 5.10 Å². The molecule has 4 aliphatic carbocycles.